The van der Waals surface area contributed by atoms with Crippen LogP contribution in [0.2, 0.25) is 0 Å². The minimum Gasteiger partial charge on any atom is -0.505 e. The first-order valence-electron chi connectivity index (χ1n) is 7.76. The average Bonchev–Trinajstić information content (AvgIpc) is 2.52. The zero-order valence-electron chi connectivity index (χ0n) is 13.6. The molecule has 0 bridgehead atoms. The molecule has 1 unspecified atom stereocenters. The normalized spacial score (nSPS) is 13.1. The van der Waals surface area contributed by atoms with Gasteiger partial charge < -0.3 is 10.2 Å². The SMILES string of the molecule is CCC(C)CC(C)(c1ccc(O)c(F)c1)c1ccc(O)c(F)c1. The van der Waals surface area contributed by atoms with E-state index in [-0.39, 0.29) is 0 Å². The highest BCUT2D eigenvalue weighted by molar-refractivity contribution is 5.43. The quantitative estimate of drug-likeness (QED) is 0.803. The summed E-state index contributed by atoms with van der Waals surface area (Å²) in [6.07, 6.45) is 1.63. The summed E-state index contributed by atoms with van der Waals surface area (Å²) in [7, 11) is 0. The fourth-order valence-electron chi connectivity index (χ4n) is 2.94. The molecule has 0 amide bonds. The summed E-state index contributed by atoms with van der Waals surface area (Å²) in [6, 6.07) is 8.54. The van der Waals surface area contributed by atoms with Crippen molar-refractivity contribution >= 4 is 0 Å². The molecular formula is C19H22F2O2. The van der Waals surface area contributed by atoms with E-state index in [9.17, 15) is 19.0 Å². The number of halogens is 2. The van der Waals surface area contributed by atoms with Gasteiger partial charge in [0.05, 0.1) is 0 Å². The molecule has 0 saturated carbocycles. The highest BCUT2D eigenvalue weighted by Crippen LogP contribution is 2.40. The van der Waals surface area contributed by atoms with Crippen LogP contribution in [0.5, 0.6) is 11.5 Å². The number of phenolic OH excluding ortho intramolecular Hbond substituents is 2. The second-order valence-corrected chi connectivity index (χ2v) is 6.38. The van der Waals surface area contributed by atoms with Gasteiger partial charge >= 0.3 is 0 Å². The van der Waals surface area contributed by atoms with Gasteiger partial charge in [0.15, 0.2) is 23.1 Å². The molecule has 2 N–H and O–H groups in total. The van der Waals surface area contributed by atoms with Gasteiger partial charge in [0, 0.05) is 5.41 Å². The highest BCUT2D eigenvalue weighted by Gasteiger charge is 2.32. The predicted molar refractivity (Wildman–Crippen MR) is 86.7 cm³/mol. The van der Waals surface area contributed by atoms with Crippen molar-refractivity contribution in [3.05, 3.63) is 59.2 Å². The Hall–Kier alpha value is -2.10. The van der Waals surface area contributed by atoms with Crippen molar-refractivity contribution in [3.8, 4) is 11.5 Å². The maximum Gasteiger partial charge on any atom is 0.165 e. The van der Waals surface area contributed by atoms with E-state index in [1.54, 1.807) is 12.1 Å². The first kappa shape index (κ1) is 17.3. The zero-order valence-corrected chi connectivity index (χ0v) is 13.6. The first-order valence-corrected chi connectivity index (χ1v) is 7.76. The molecule has 2 rings (SSSR count). The van der Waals surface area contributed by atoms with Crippen LogP contribution in [0.25, 0.3) is 0 Å². The summed E-state index contributed by atoms with van der Waals surface area (Å²) in [5.41, 5.74) is 0.703. The lowest BCUT2D eigenvalue weighted by atomic mass is 9.70. The molecule has 0 fully saturated rings. The van der Waals surface area contributed by atoms with Crippen LogP contribution in [-0.2, 0) is 5.41 Å². The number of phenols is 2. The molecule has 0 aliphatic carbocycles. The molecule has 0 heterocycles. The Morgan fingerprint density at radius 1 is 0.957 bits per heavy atom. The molecule has 2 aromatic rings. The molecule has 4 heteroatoms. The van der Waals surface area contributed by atoms with Crippen molar-refractivity contribution in [2.24, 2.45) is 5.92 Å². The number of hydrogen-bond donors (Lipinski definition) is 2. The topological polar surface area (TPSA) is 40.5 Å². The first-order chi connectivity index (χ1) is 10.8. The standard InChI is InChI=1S/C19H22F2O2/c1-4-12(2)11-19(3,13-5-7-17(22)15(20)9-13)14-6-8-18(23)16(21)10-14/h5-10,12,22-23H,4,11H2,1-3H3. The van der Waals surface area contributed by atoms with Gasteiger partial charge in [0.1, 0.15) is 0 Å². The zero-order chi connectivity index (χ0) is 17.2. The van der Waals surface area contributed by atoms with Crippen LogP contribution in [0.1, 0.15) is 44.7 Å². The van der Waals surface area contributed by atoms with E-state index >= 15 is 0 Å². The second-order valence-electron chi connectivity index (χ2n) is 6.38. The third kappa shape index (κ3) is 3.46. The Labute approximate surface area is 135 Å². The van der Waals surface area contributed by atoms with Crippen molar-refractivity contribution in [3.63, 3.8) is 0 Å². The molecule has 0 aliphatic heterocycles. The van der Waals surface area contributed by atoms with Crippen LogP contribution in [0.4, 0.5) is 8.78 Å². The van der Waals surface area contributed by atoms with E-state index in [0.29, 0.717) is 23.5 Å². The molecule has 23 heavy (non-hydrogen) atoms. The molecular weight excluding hydrogens is 298 g/mol. The molecule has 0 spiro atoms. The number of rotatable bonds is 5. The van der Waals surface area contributed by atoms with Crippen LogP contribution in [0.15, 0.2) is 36.4 Å². The number of hydrogen-bond acceptors (Lipinski definition) is 2. The predicted octanol–water partition coefficient (Wildman–Crippen LogP) is 5.12. The van der Waals surface area contributed by atoms with Crippen LogP contribution in [0, 0.1) is 17.6 Å². The third-order valence-corrected chi connectivity index (χ3v) is 4.62. The van der Waals surface area contributed by atoms with E-state index in [2.05, 4.69) is 13.8 Å². The maximum atomic E-state index is 13.8. The lowest BCUT2D eigenvalue weighted by molar-refractivity contribution is 0.386. The van der Waals surface area contributed by atoms with Crippen molar-refractivity contribution in [2.45, 2.75) is 39.0 Å². The summed E-state index contributed by atoms with van der Waals surface area (Å²) in [5, 5.41) is 18.8. The summed E-state index contributed by atoms with van der Waals surface area (Å²) >= 11 is 0. The maximum absolute atomic E-state index is 13.8. The van der Waals surface area contributed by atoms with Gasteiger partial charge in [-0.15, -0.1) is 0 Å². The fourth-order valence-corrected chi connectivity index (χ4v) is 2.94. The summed E-state index contributed by atoms with van der Waals surface area (Å²) in [5.74, 6) is -1.86. The lowest BCUT2D eigenvalue weighted by Gasteiger charge is -2.33. The van der Waals surface area contributed by atoms with Crippen molar-refractivity contribution in [1.82, 2.24) is 0 Å². The minimum absolute atomic E-state index is 0.341. The average molecular weight is 320 g/mol. The van der Waals surface area contributed by atoms with E-state index < -0.39 is 28.5 Å². The Morgan fingerprint density at radius 2 is 1.39 bits per heavy atom. The van der Waals surface area contributed by atoms with Crippen molar-refractivity contribution in [1.29, 1.82) is 0 Å². The van der Waals surface area contributed by atoms with Crippen LogP contribution in [0.3, 0.4) is 0 Å². The summed E-state index contributed by atoms with van der Waals surface area (Å²) < 4.78 is 27.6. The monoisotopic (exact) mass is 320 g/mol. The molecule has 2 aromatic carbocycles. The largest absolute Gasteiger partial charge is 0.505 e. The Morgan fingerprint density at radius 3 is 1.74 bits per heavy atom. The Kier molecular flexibility index (Phi) is 4.93. The van der Waals surface area contributed by atoms with Gasteiger partial charge in [-0.25, -0.2) is 8.78 Å². The van der Waals surface area contributed by atoms with Gasteiger partial charge in [0.2, 0.25) is 0 Å². The molecule has 0 aliphatic rings. The molecule has 0 aromatic heterocycles. The molecule has 2 nitrogen and oxygen atoms in total. The molecule has 0 saturated heterocycles. The van der Waals surface area contributed by atoms with Gasteiger partial charge in [-0.2, -0.15) is 0 Å². The van der Waals surface area contributed by atoms with E-state index in [1.807, 2.05) is 6.92 Å². The second kappa shape index (κ2) is 6.57. The Bertz CT molecular complexity index is 646. The van der Waals surface area contributed by atoms with Gasteiger partial charge in [0.25, 0.3) is 0 Å². The van der Waals surface area contributed by atoms with E-state index in [1.165, 1.54) is 24.3 Å². The number of benzene rings is 2. The summed E-state index contributed by atoms with van der Waals surface area (Å²) in [4.78, 5) is 0. The lowest BCUT2D eigenvalue weighted by Crippen LogP contribution is -2.26. The number of aromatic hydroxyl groups is 2. The van der Waals surface area contributed by atoms with Gasteiger partial charge in [-0.1, -0.05) is 39.3 Å². The smallest absolute Gasteiger partial charge is 0.165 e. The van der Waals surface area contributed by atoms with Gasteiger partial charge in [-0.05, 0) is 47.7 Å². The minimum atomic E-state index is -0.697. The highest BCUT2D eigenvalue weighted by atomic mass is 19.1. The van der Waals surface area contributed by atoms with Crippen LogP contribution < -0.4 is 0 Å². The fraction of sp³-hybridized carbons (Fsp3) is 0.368. The van der Waals surface area contributed by atoms with E-state index in [0.717, 1.165) is 6.42 Å². The molecule has 1 atom stereocenters. The summed E-state index contributed by atoms with van der Waals surface area (Å²) in [6.45, 7) is 6.09. The van der Waals surface area contributed by atoms with Crippen molar-refractivity contribution in [2.75, 3.05) is 0 Å². The van der Waals surface area contributed by atoms with Crippen LogP contribution in [-0.4, -0.2) is 10.2 Å². The molecule has 124 valence electrons. The van der Waals surface area contributed by atoms with Gasteiger partial charge in [-0.3, -0.25) is 0 Å². The van der Waals surface area contributed by atoms with Crippen molar-refractivity contribution < 1.29 is 19.0 Å². The van der Waals surface area contributed by atoms with E-state index in [4.69, 9.17) is 0 Å². The molecule has 0 radical (unpaired) electrons. The third-order valence-electron chi connectivity index (χ3n) is 4.62. The van der Waals surface area contributed by atoms with Crippen LogP contribution >= 0.6 is 0 Å². The Balaban J connectivity index is 2.58.